The topological polar surface area (TPSA) is 94.8 Å². The van der Waals surface area contributed by atoms with Crippen molar-refractivity contribution in [3.63, 3.8) is 0 Å². The van der Waals surface area contributed by atoms with Gasteiger partial charge in [0, 0.05) is 0 Å². The van der Waals surface area contributed by atoms with Gasteiger partial charge in [0.25, 0.3) is 10.0 Å². The second-order valence-corrected chi connectivity index (χ2v) is 7.80. The number of sulfonamides is 1. The quantitative estimate of drug-likeness (QED) is 0.678. The molecule has 3 N–H and O–H groups in total. The van der Waals surface area contributed by atoms with Gasteiger partial charge in [-0.05, 0) is 48.2 Å². The van der Waals surface area contributed by atoms with E-state index in [0.717, 1.165) is 11.1 Å². The first-order chi connectivity index (χ1) is 11.3. The molecule has 24 heavy (non-hydrogen) atoms. The Balaban J connectivity index is 1.96. The molecule has 0 amide bonds. The van der Waals surface area contributed by atoms with E-state index in [1.54, 1.807) is 31.2 Å². The summed E-state index contributed by atoms with van der Waals surface area (Å²) in [6.45, 7) is 5.89. The minimum atomic E-state index is -3.69. The van der Waals surface area contributed by atoms with Crippen molar-refractivity contribution >= 4 is 26.7 Å². The van der Waals surface area contributed by atoms with Gasteiger partial charge in [0.15, 0.2) is 0 Å². The van der Waals surface area contributed by atoms with Crippen LogP contribution in [0.4, 0.5) is 5.69 Å². The number of aromatic nitrogens is 2. The molecule has 0 saturated carbocycles. The van der Waals surface area contributed by atoms with Gasteiger partial charge in [-0.3, -0.25) is 4.72 Å². The number of hydrogen-bond donors (Lipinski definition) is 3. The normalized spacial score (nSPS) is 12.0. The van der Waals surface area contributed by atoms with Crippen LogP contribution < -0.4 is 10.4 Å². The van der Waals surface area contributed by atoms with E-state index in [-0.39, 0.29) is 10.6 Å². The number of aromatic amines is 2. The fourth-order valence-corrected chi connectivity index (χ4v) is 3.66. The number of rotatable bonds is 4. The Labute approximate surface area is 140 Å². The van der Waals surface area contributed by atoms with Gasteiger partial charge in [-0.25, -0.2) is 13.2 Å². The molecular formula is C17H19N3O3S. The van der Waals surface area contributed by atoms with Crippen LogP contribution in [0.3, 0.4) is 0 Å². The van der Waals surface area contributed by atoms with E-state index in [9.17, 15) is 13.2 Å². The van der Waals surface area contributed by atoms with Gasteiger partial charge in [0.2, 0.25) is 0 Å². The van der Waals surface area contributed by atoms with E-state index < -0.39 is 10.0 Å². The summed E-state index contributed by atoms with van der Waals surface area (Å²) in [7, 11) is -3.69. The highest BCUT2D eigenvalue weighted by molar-refractivity contribution is 7.92. The molecule has 0 aliphatic rings. The number of imidazole rings is 1. The highest BCUT2D eigenvalue weighted by Crippen LogP contribution is 2.24. The van der Waals surface area contributed by atoms with E-state index >= 15 is 0 Å². The summed E-state index contributed by atoms with van der Waals surface area (Å²) in [4.78, 5) is 16.8. The molecule has 0 fully saturated rings. The lowest BCUT2D eigenvalue weighted by atomic mass is 10.0. The van der Waals surface area contributed by atoms with Gasteiger partial charge in [0.1, 0.15) is 0 Å². The third-order valence-corrected chi connectivity index (χ3v) is 5.34. The molecule has 1 heterocycles. The van der Waals surface area contributed by atoms with E-state index in [2.05, 4.69) is 28.5 Å². The van der Waals surface area contributed by atoms with Crippen LogP contribution >= 0.6 is 0 Å². The van der Waals surface area contributed by atoms with Crippen molar-refractivity contribution in [2.75, 3.05) is 4.72 Å². The second-order valence-electron chi connectivity index (χ2n) is 6.12. The maximum atomic E-state index is 12.6. The average Bonchev–Trinajstić information content (AvgIpc) is 2.86. The molecule has 2 aromatic carbocycles. The average molecular weight is 345 g/mol. The van der Waals surface area contributed by atoms with Crippen LogP contribution in [0, 0.1) is 6.92 Å². The predicted molar refractivity (Wildman–Crippen MR) is 95.0 cm³/mol. The van der Waals surface area contributed by atoms with Crippen LogP contribution in [0.5, 0.6) is 0 Å². The predicted octanol–water partition coefficient (Wildman–Crippen LogP) is 3.09. The summed E-state index contributed by atoms with van der Waals surface area (Å²) in [5.74, 6) is 0.338. The standard InChI is InChI=1S/C17H19N3O3S/c1-10(2)12-4-6-13(7-5-12)24(22,23)20-14-9-16-15(8-11(14)3)18-17(21)19-16/h4-10,20H,1-3H3,(H2,18,19,21). The summed E-state index contributed by atoms with van der Waals surface area (Å²) in [5, 5.41) is 0. The van der Waals surface area contributed by atoms with Gasteiger partial charge >= 0.3 is 5.69 Å². The maximum absolute atomic E-state index is 12.6. The summed E-state index contributed by atoms with van der Waals surface area (Å²) >= 11 is 0. The van der Waals surface area contributed by atoms with Crippen LogP contribution in [0.2, 0.25) is 0 Å². The highest BCUT2D eigenvalue weighted by atomic mass is 32.2. The zero-order valence-electron chi connectivity index (χ0n) is 13.7. The molecule has 0 bridgehead atoms. The largest absolute Gasteiger partial charge is 0.323 e. The zero-order valence-corrected chi connectivity index (χ0v) is 14.5. The number of fused-ring (bicyclic) bond motifs is 1. The Morgan fingerprint density at radius 3 is 2.17 bits per heavy atom. The van der Waals surface area contributed by atoms with Crippen molar-refractivity contribution in [3.05, 3.63) is 58.0 Å². The fourth-order valence-electron chi connectivity index (χ4n) is 2.54. The van der Waals surface area contributed by atoms with Crippen LogP contribution in [0.15, 0.2) is 46.1 Å². The smallest absolute Gasteiger partial charge is 0.306 e. The first-order valence-corrected chi connectivity index (χ1v) is 9.10. The molecule has 0 atom stereocenters. The molecule has 6 nitrogen and oxygen atoms in total. The highest BCUT2D eigenvalue weighted by Gasteiger charge is 2.16. The van der Waals surface area contributed by atoms with Gasteiger partial charge in [-0.15, -0.1) is 0 Å². The Hall–Kier alpha value is -2.54. The molecule has 3 aromatic rings. The molecule has 0 spiro atoms. The Bertz CT molecular complexity index is 1040. The van der Waals surface area contributed by atoms with Crippen LogP contribution in [0.25, 0.3) is 11.0 Å². The fraction of sp³-hybridized carbons (Fsp3) is 0.235. The Kier molecular flexibility index (Phi) is 3.96. The van der Waals surface area contributed by atoms with Crippen LogP contribution in [-0.2, 0) is 10.0 Å². The molecule has 1 aromatic heterocycles. The van der Waals surface area contributed by atoms with Crippen molar-refractivity contribution in [2.45, 2.75) is 31.6 Å². The number of H-pyrrole nitrogens is 2. The zero-order chi connectivity index (χ0) is 17.5. The maximum Gasteiger partial charge on any atom is 0.323 e. The number of nitrogens with one attached hydrogen (secondary N) is 3. The molecule has 0 radical (unpaired) electrons. The first kappa shape index (κ1) is 16.3. The number of hydrogen-bond acceptors (Lipinski definition) is 3. The van der Waals surface area contributed by atoms with Crippen molar-refractivity contribution in [3.8, 4) is 0 Å². The molecule has 0 aliphatic heterocycles. The summed E-state index contributed by atoms with van der Waals surface area (Å²) < 4.78 is 27.8. The Morgan fingerprint density at radius 1 is 1.00 bits per heavy atom. The van der Waals surface area contributed by atoms with E-state index in [0.29, 0.717) is 22.6 Å². The van der Waals surface area contributed by atoms with E-state index in [1.165, 1.54) is 0 Å². The number of anilines is 1. The monoisotopic (exact) mass is 345 g/mol. The van der Waals surface area contributed by atoms with Crippen LogP contribution in [-0.4, -0.2) is 18.4 Å². The van der Waals surface area contributed by atoms with Gasteiger partial charge in [-0.2, -0.15) is 0 Å². The van der Waals surface area contributed by atoms with Crippen molar-refractivity contribution in [1.82, 2.24) is 9.97 Å². The number of aryl methyl sites for hydroxylation is 1. The first-order valence-electron chi connectivity index (χ1n) is 7.62. The third-order valence-electron chi connectivity index (χ3n) is 3.96. The summed E-state index contributed by atoms with van der Waals surface area (Å²) in [5.41, 5.74) is 3.11. The minimum Gasteiger partial charge on any atom is -0.306 e. The molecule has 126 valence electrons. The summed E-state index contributed by atoms with van der Waals surface area (Å²) in [6, 6.07) is 10.2. The number of benzene rings is 2. The molecule has 0 unspecified atom stereocenters. The van der Waals surface area contributed by atoms with E-state index in [1.807, 2.05) is 12.1 Å². The van der Waals surface area contributed by atoms with Gasteiger partial charge in [-0.1, -0.05) is 26.0 Å². The Morgan fingerprint density at radius 2 is 1.58 bits per heavy atom. The minimum absolute atomic E-state index is 0.203. The lowest BCUT2D eigenvalue weighted by Crippen LogP contribution is -2.13. The molecule has 0 aliphatic carbocycles. The van der Waals surface area contributed by atoms with Crippen LogP contribution in [0.1, 0.15) is 30.9 Å². The van der Waals surface area contributed by atoms with Crippen molar-refractivity contribution in [1.29, 1.82) is 0 Å². The van der Waals surface area contributed by atoms with E-state index in [4.69, 9.17) is 0 Å². The van der Waals surface area contributed by atoms with Gasteiger partial charge in [0.05, 0.1) is 21.6 Å². The summed E-state index contributed by atoms with van der Waals surface area (Å²) in [6.07, 6.45) is 0. The molecule has 7 heteroatoms. The molecule has 0 saturated heterocycles. The van der Waals surface area contributed by atoms with Gasteiger partial charge < -0.3 is 9.97 Å². The third kappa shape index (κ3) is 3.07. The lowest BCUT2D eigenvalue weighted by Gasteiger charge is -2.12. The molecular weight excluding hydrogens is 326 g/mol. The second kappa shape index (κ2) is 5.83. The lowest BCUT2D eigenvalue weighted by molar-refractivity contribution is 0.601. The SMILES string of the molecule is Cc1cc2[nH]c(=O)[nH]c2cc1NS(=O)(=O)c1ccc(C(C)C)cc1. The van der Waals surface area contributed by atoms with Crippen molar-refractivity contribution in [2.24, 2.45) is 0 Å². The van der Waals surface area contributed by atoms with Crippen molar-refractivity contribution < 1.29 is 8.42 Å². The molecule has 3 rings (SSSR count).